The van der Waals surface area contributed by atoms with E-state index in [2.05, 4.69) is 22.8 Å². The van der Waals surface area contributed by atoms with Crippen LogP contribution in [0.3, 0.4) is 0 Å². The summed E-state index contributed by atoms with van der Waals surface area (Å²) in [6.07, 6.45) is 3.16. The molecule has 6 heteroatoms. The molecule has 2 aliphatic heterocycles. The number of likely N-dealkylation sites (tertiary alicyclic amines) is 1. The molecule has 1 atom stereocenters. The number of ether oxygens (including phenoxy) is 1. The molecule has 3 amide bonds. The van der Waals surface area contributed by atoms with Gasteiger partial charge in [0.2, 0.25) is 5.91 Å². The predicted octanol–water partition coefficient (Wildman–Crippen LogP) is 3.36. The standard InChI is InChI=1S/C22H27N3O3/c1-15(16-3-4-18-14-19(28-2)6-5-17(18)13-16)23-21(27)25-11-9-22(10-12-25)8-7-20(26)24-22/h3-6,13-15H,7-12H2,1-2H3,(H,23,27)(H,24,26)/t15-/m1/s1. The Morgan fingerprint density at radius 1 is 1.14 bits per heavy atom. The first-order chi connectivity index (χ1) is 13.5. The van der Waals surface area contributed by atoms with Crippen LogP contribution in [0.4, 0.5) is 4.79 Å². The zero-order valence-electron chi connectivity index (χ0n) is 16.5. The van der Waals surface area contributed by atoms with Gasteiger partial charge in [0.05, 0.1) is 13.2 Å². The summed E-state index contributed by atoms with van der Waals surface area (Å²) in [4.78, 5) is 26.1. The first-order valence-corrected chi connectivity index (χ1v) is 9.92. The van der Waals surface area contributed by atoms with Crippen molar-refractivity contribution in [1.82, 2.24) is 15.5 Å². The molecule has 0 bridgehead atoms. The number of urea groups is 1. The third kappa shape index (κ3) is 3.63. The Morgan fingerprint density at radius 3 is 2.54 bits per heavy atom. The number of amides is 3. The number of hydrogen-bond acceptors (Lipinski definition) is 3. The normalized spacial score (nSPS) is 19.5. The monoisotopic (exact) mass is 381 g/mol. The predicted molar refractivity (Wildman–Crippen MR) is 108 cm³/mol. The third-order valence-electron chi connectivity index (χ3n) is 6.15. The second-order valence-electron chi connectivity index (χ2n) is 7.96. The number of rotatable bonds is 3. The number of fused-ring (bicyclic) bond motifs is 1. The van der Waals surface area contributed by atoms with Crippen molar-refractivity contribution in [2.75, 3.05) is 20.2 Å². The van der Waals surface area contributed by atoms with E-state index < -0.39 is 0 Å². The molecule has 148 valence electrons. The molecule has 0 unspecified atom stereocenters. The van der Waals surface area contributed by atoms with E-state index in [1.54, 1.807) is 7.11 Å². The number of hydrogen-bond donors (Lipinski definition) is 2. The van der Waals surface area contributed by atoms with Crippen molar-refractivity contribution in [3.8, 4) is 5.75 Å². The third-order valence-corrected chi connectivity index (χ3v) is 6.15. The van der Waals surface area contributed by atoms with Crippen molar-refractivity contribution in [3.05, 3.63) is 42.0 Å². The van der Waals surface area contributed by atoms with Crippen LogP contribution in [0.25, 0.3) is 10.8 Å². The number of methoxy groups -OCH3 is 1. The average molecular weight is 381 g/mol. The molecular formula is C22H27N3O3. The van der Waals surface area contributed by atoms with Gasteiger partial charge in [0.25, 0.3) is 0 Å². The molecule has 6 nitrogen and oxygen atoms in total. The van der Waals surface area contributed by atoms with Crippen molar-refractivity contribution in [2.24, 2.45) is 0 Å². The fraction of sp³-hybridized carbons (Fsp3) is 0.455. The first kappa shape index (κ1) is 18.6. The van der Waals surface area contributed by atoms with Gasteiger partial charge in [-0.3, -0.25) is 4.79 Å². The highest BCUT2D eigenvalue weighted by Gasteiger charge is 2.41. The molecule has 2 aromatic rings. The van der Waals surface area contributed by atoms with Crippen LogP contribution in [0, 0.1) is 0 Å². The number of piperidine rings is 1. The molecule has 1 spiro atoms. The smallest absolute Gasteiger partial charge is 0.317 e. The molecule has 2 heterocycles. The summed E-state index contributed by atoms with van der Waals surface area (Å²) in [6, 6.07) is 12.1. The lowest BCUT2D eigenvalue weighted by molar-refractivity contribution is -0.120. The summed E-state index contributed by atoms with van der Waals surface area (Å²) in [5.74, 6) is 0.975. The van der Waals surface area contributed by atoms with Gasteiger partial charge in [-0.1, -0.05) is 18.2 Å². The van der Waals surface area contributed by atoms with E-state index >= 15 is 0 Å². The van der Waals surface area contributed by atoms with Gasteiger partial charge in [0.15, 0.2) is 0 Å². The van der Waals surface area contributed by atoms with Crippen molar-refractivity contribution in [3.63, 3.8) is 0 Å². The lowest BCUT2D eigenvalue weighted by Gasteiger charge is -2.39. The van der Waals surface area contributed by atoms with Crippen LogP contribution in [0.1, 0.15) is 44.2 Å². The largest absolute Gasteiger partial charge is 0.497 e. The van der Waals surface area contributed by atoms with Crippen LogP contribution >= 0.6 is 0 Å². The van der Waals surface area contributed by atoms with Crippen LogP contribution in [0.2, 0.25) is 0 Å². The van der Waals surface area contributed by atoms with Gasteiger partial charge < -0.3 is 20.3 Å². The van der Waals surface area contributed by atoms with Crippen molar-refractivity contribution in [2.45, 2.75) is 44.2 Å². The summed E-state index contributed by atoms with van der Waals surface area (Å²) in [5.41, 5.74) is 0.987. The van der Waals surface area contributed by atoms with Gasteiger partial charge in [-0.05, 0) is 60.7 Å². The highest BCUT2D eigenvalue weighted by molar-refractivity contribution is 5.85. The van der Waals surface area contributed by atoms with E-state index in [0.29, 0.717) is 19.5 Å². The van der Waals surface area contributed by atoms with Gasteiger partial charge in [-0.25, -0.2) is 4.79 Å². The minimum Gasteiger partial charge on any atom is -0.497 e. The lowest BCUT2D eigenvalue weighted by Crippen LogP contribution is -2.54. The maximum atomic E-state index is 12.7. The molecular weight excluding hydrogens is 354 g/mol. The Morgan fingerprint density at radius 2 is 1.86 bits per heavy atom. The molecule has 2 fully saturated rings. The molecule has 2 saturated heterocycles. The van der Waals surface area contributed by atoms with Crippen LogP contribution in [-0.2, 0) is 4.79 Å². The summed E-state index contributed by atoms with van der Waals surface area (Å²) < 4.78 is 5.27. The fourth-order valence-electron chi connectivity index (χ4n) is 4.28. The van der Waals surface area contributed by atoms with Crippen LogP contribution in [-0.4, -0.2) is 42.6 Å². The van der Waals surface area contributed by atoms with Gasteiger partial charge in [-0.15, -0.1) is 0 Å². The molecule has 0 aromatic heterocycles. The Labute approximate surface area is 165 Å². The number of carbonyl (C=O) groups is 2. The fourth-order valence-corrected chi connectivity index (χ4v) is 4.28. The molecule has 0 radical (unpaired) electrons. The molecule has 4 rings (SSSR count). The molecule has 2 aliphatic rings. The van der Waals surface area contributed by atoms with Crippen molar-refractivity contribution in [1.29, 1.82) is 0 Å². The minimum atomic E-state index is -0.0844. The van der Waals surface area contributed by atoms with Crippen LogP contribution in [0.5, 0.6) is 5.75 Å². The number of nitrogens with zero attached hydrogens (tertiary/aromatic N) is 1. The lowest BCUT2D eigenvalue weighted by atomic mass is 9.86. The summed E-state index contributed by atoms with van der Waals surface area (Å²) in [5, 5.41) is 8.46. The summed E-state index contributed by atoms with van der Waals surface area (Å²) in [7, 11) is 1.66. The van der Waals surface area contributed by atoms with E-state index in [4.69, 9.17) is 4.74 Å². The summed E-state index contributed by atoms with van der Waals surface area (Å²) >= 11 is 0. The molecule has 0 saturated carbocycles. The summed E-state index contributed by atoms with van der Waals surface area (Å²) in [6.45, 7) is 3.36. The molecule has 2 aromatic carbocycles. The van der Waals surface area contributed by atoms with Gasteiger partial charge in [0, 0.05) is 25.0 Å². The second-order valence-corrected chi connectivity index (χ2v) is 7.96. The Bertz CT molecular complexity index is 903. The van der Waals surface area contributed by atoms with Crippen molar-refractivity contribution >= 4 is 22.7 Å². The van der Waals surface area contributed by atoms with E-state index in [0.717, 1.165) is 41.3 Å². The zero-order chi connectivity index (χ0) is 19.7. The molecule has 0 aliphatic carbocycles. The quantitative estimate of drug-likeness (QED) is 0.856. The maximum absolute atomic E-state index is 12.7. The number of carbonyl (C=O) groups excluding carboxylic acids is 2. The van der Waals surface area contributed by atoms with E-state index in [1.807, 2.05) is 36.1 Å². The first-order valence-electron chi connectivity index (χ1n) is 9.92. The van der Waals surface area contributed by atoms with Crippen LogP contribution in [0.15, 0.2) is 36.4 Å². The highest BCUT2D eigenvalue weighted by Crippen LogP contribution is 2.31. The average Bonchev–Trinajstić information content (AvgIpc) is 3.07. The highest BCUT2D eigenvalue weighted by atomic mass is 16.5. The SMILES string of the molecule is COc1ccc2cc([C@@H](C)NC(=O)N3CCC4(CCC(=O)N4)CC3)ccc2c1. The van der Waals surface area contributed by atoms with Gasteiger partial charge in [-0.2, -0.15) is 0 Å². The minimum absolute atomic E-state index is 0.0403. The van der Waals surface area contributed by atoms with Crippen molar-refractivity contribution < 1.29 is 14.3 Å². The van der Waals surface area contributed by atoms with E-state index in [1.165, 1.54) is 0 Å². The Kier molecular flexibility index (Phi) is 4.87. The van der Waals surface area contributed by atoms with E-state index in [9.17, 15) is 9.59 Å². The Hall–Kier alpha value is -2.76. The topological polar surface area (TPSA) is 70.7 Å². The molecule has 2 N–H and O–H groups in total. The number of benzene rings is 2. The maximum Gasteiger partial charge on any atom is 0.317 e. The zero-order valence-corrected chi connectivity index (χ0v) is 16.5. The number of nitrogens with one attached hydrogen (secondary N) is 2. The van der Waals surface area contributed by atoms with E-state index in [-0.39, 0.29) is 23.5 Å². The van der Waals surface area contributed by atoms with Crippen LogP contribution < -0.4 is 15.4 Å². The van der Waals surface area contributed by atoms with Gasteiger partial charge >= 0.3 is 6.03 Å². The Balaban J connectivity index is 1.38. The van der Waals surface area contributed by atoms with Gasteiger partial charge in [0.1, 0.15) is 5.75 Å². The molecule has 28 heavy (non-hydrogen) atoms. The second kappa shape index (κ2) is 7.34.